The van der Waals surface area contributed by atoms with E-state index in [4.69, 9.17) is 16.7 Å². The number of benzene rings is 2. The van der Waals surface area contributed by atoms with Crippen LogP contribution in [0.3, 0.4) is 0 Å². The number of aromatic nitrogens is 6. The van der Waals surface area contributed by atoms with Crippen LogP contribution in [0.2, 0.25) is 5.15 Å². The molecule has 0 bridgehead atoms. The zero-order chi connectivity index (χ0) is 17.5. The second-order valence-corrected chi connectivity index (χ2v) is 6.33. The fourth-order valence-corrected chi connectivity index (χ4v) is 3.40. The fraction of sp³-hybridized carbons (Fsp3) is 0.0526. The first kappa shape index (κ1) is 15.0. The SMILES string of the molecule is Clc1nn2cnnc2c2c(-c3ccccc3)n(Cc3ccccc3)nc12. The van der Waals surface area contributed by atoms with E-state index < -0.39 is 0 Å². The second kappa shape index (κ2) is 5.93. The van der Waals surface area contributed by atoms with E-state index >= 15 is 0 Å². The summed E-state index contributed by atoms with van der Waals surface area (Å²) in [6.45, 7) is 0.621. The molecule has 2 aromatic carbocycles. The maximum atomic E-state index is 6.41. The lowest BCUT2D eigenvalue weighted by Crippen LogP contribution is -2.03. The molecule has 5 aromatic rings. The monoisotopic (exact) mass is 360 g/mol. The summed E-state index contributed by atoms with van der Waals surface area (Å²) in [5.41, 5.74) is 4.41. The van der Waals surface area contributed by atoms with E-state index in [1.54, 1.807) is 10.8 Å². The maximum Gasteiger partial charge on any atom is 0.189 e. The third kappa shape index (κ3) is 2.34. The zero-order valence-electron chi connectivity index (χ0n) is 13.6. The molecule has 0 atom stereocenters. The van der Waals surface area contributed by atoms with Gasteiger partial charge in [-0.15, -0.1) is 10.2 Å². The third-order valence-electron chi connectivity index (χ3n) is 4.32. The van der Waals surface area contributed by atoms with Crippen LogP contribution < -0.4 is 0 Å². The number of fused-ring (bicyclic) bond motifs is 3. The average Bonchev–Trinajstić information content (AvgIpc) is 3.28. The molecule has 0 spiro atoms. The predicted molar refractivity (Wildman–Crippen MR) is 100 cm³/mol. The van der Waals surface area contributed by atoms with Crippen LogP contribution in [0.5, 0.6) is 0 Å². The molecule has 0 fully saturated rings. The first-order valence-corrected chi connectivity index (χ1v) is 8.54. The Morgan fingerprint density at radius 2 is 1.62 bits per heavy atom. The Morgan fingerprint density at radius 1 is 0.885 bits per heavy atom. The summed E-state index contributed by atoms with van der Waals surface area (Å²) in [5, 5.41) is 18.4. The minimum atomic E-state index is 0.330. The number of halogens is 1. The van der Waals surface area contributed by atoms with Crippen molar-refractivity contribution in [1.82, 2.24) is 29.6 Å². The van der Waals surface area contributed by atoms with Gasteiger partial charge >= 0.3 is 0 Å². The van der Waals surface area contributed by atoms with Crippen LogP contribution >= 0.6 is 11.6 Å². The molecule has 26 heavy (non-hydrogen) atoms. The van der Waals surface area contributed by atoms with Gasteiger partial charge in [0.1, 0.15) is 11.8 Å². The van der Waals surface area contributed by atoms with Gasteiger partial charge in [-0.1, -0.05) is 72.3 Å². The van der Waals surface area contributed by atoms with Gasteiger partial charge in [0.15, 0.2) is 10.8 Å². The molecule has 0 radical (unpaired) electrons. The Labute approximate surface area is 153 Å². The van der Waals surface area contributed by atoms with Gasteiger partial charge in [0.25, 0.3) is 0 Å². The molecule has 126 valence electrons. The summed E-state index contributed by atoms with van der Waals surface area (Å²) in [4.78, 5) is 0. The summed E-state index contributed by atoms with van der Waals surface area (Å²) in [6.07, 6.45) is 1.55. The number of hydrogen-bond donors (Lipinski definition) is 0. The Morgan fingerprint density at radius 3 is 2.38 bits per heavy atom. The Kier molecular flexibility index (Phi) is 3.43. The largest absolute Gasteiger partial charge is 0.259 e. The lowest BCUT2D eigenvalue weighted by molar-refractivity contribution is 0.703. The van der Waals surface area contributed by atoms with Crippen LogP contribution in [-0.4, -0.2) is 29.6 Å². The van der Waals surface area contributed by atoms with Crippen molar-refractivity contribution < 1.29 is 0 Å². The van der Waals surface area contributed by atoms with E-state index in [9.17, 15) is 0 Å². The van der Waals surface area contributed by atoms with Gasteiger partial charge in [-0.05, 0) is 5.56 Å². The van der Waals surface area contributed by atoms with Gasteiger partial charge in [-0.3, -0.25) is 4.68 Å². The molecular weight excluding hydrogens is 348 g/mol. The topological polar surface area (TPSA) is 60.9 Å². The van der Waals surface area contributed by atoms with Gasteiger partial charge in [0, 0.05) is 5.56 Å². The summed E-state index contributed by atoms with van der Waals surface area (Å²) >= 11 is 6.41. The van der Waals surface area contributed by atoms with E-state index in [2.05, 4.69) is 39.6 Å². The Bertz CT molecular complexity index is 1210. The molecule has 0 aliphatic heterocycles. The second-order valence-electron chi connectivity index (χ2n) is 5.97. The van der Waals surface area contributed by atoms with Crippen LogP contribution in [-0.2, 0) is 6.54 Å². The van der Waals surface area contributed by atoms with Crippen molar-refractivity contribution in [1.29, 1.82) is 0 Å². The summed E-state index contributed by atoms with van der Waals surface area (Å²) in [6, 6.07) is 20.3. The lowest BCUT2D eigenvalue weighted by Gasteiger charge is -2.08. The van der Waals surface area contributed by atoms with Crippen molar-refractivity contribution in [2.24, 2.45) is 0 Å². The van der Waals surface area contributed by atoms with Gasteiger partial charge in [0.2, 0.25) is 0 Å². The molecule has 0 aliphatic carbocycles. The van der Waals surface area contributed by atoms with E-state index in [0.717, 1.165) is 22.2 Å². The number of hydrogen-bond acceptors (Lipinski definition) is 4. The predicted octanol–water partition coefficient (Wildman–Crippen LogP) is 3.84. The number of rotatable bonds is 3. The summed E-state index contributed by atoms with van der Waals surface area (Å²) < 4.78 is 3.54. The summed E-state index contributed by atoms with van der Waals surface area (Å²) in [7, 11) is 0. The Hall–Kier alpha value is -3.25. The standard InChI is InChI=1S/C19H13ClN6/c20-18-16-15(19-22-21-12-26(19)24-18)17(14-9-5-2-6-10-14)25(23-16)11-13-7-3-1-4-8-13/h1-10,12H,11H2. The first-order chi connectivity index (χ1) is 12.8. The smallest absolute Gasteiger partial charge is 0.189 e. The highest BCUT2D eigenvalue weighted by molar-refractivity contribution is 6.34. The minimum absolute atomic E-state index is 0.330. The van der Waals surface area contributed by atoms with Crippen molar-refractivity contribution in [3.05, 3.63) is 77.7 Å². The fourth-order valence-electron chi connectivity index (χ4n) is 3.19. The van der Waals surface area contributed by atoms with Crippen molar-refractivity contribution in [3.63, 3.8) is 0 Å². The molecule has 0 N–H and O–H groups in total. The van der Waals surface area contributed by atoms with Gasteiger partial charge in [-0.2, -0.15) is 14.7 Å². The van der Waals surface area contributed by atoms with E-state index in [1.807, 2.05) is 41.1 Å². The quantitative estimate of drug-likeness (QED) is 0.490. The van der Waals surface area contributed by atoms with Crippen molar-refractivity contribution in [3.8, 4) is 11.3 Å². The highest BCUT2D eigenvalue weighted by Crippen LogP contribution is 2.34. The van der Waals surface area contributed by atoms with Crippen LogP contribution in [0.4, 0.5) is 0 Å². The molecule has 6 nitrogen and oxygen atoms in total. The zero-order valence-corrected chi connectivity index (χ0v) is 14.4. The van der Waals surface area contributed by atoms with E-state index in [0.29, 0.717) is 22.9 Å². The molecular formula is C19H13ClN6. The molecule has 0 amide bonds. The van der Waals surface area contributed by atoms with Crippen molar-refractivity contribution in [2.75, 3.05) is 0 Å². The van der Waals surface area contributed by atoms with Crippen LogP contribution in [0, 0.1) is 0 Å². The molecule has 3 aromatic heterocycles. The summed E-state index contributed by atoms with van der Waals surface area (Å²) in [5.74, 6) is 0. The molecule has 0 saturated heterocycles. The normalized spacial score (nSPS) is 11.4. The first-order valence-electron chi connectivity index (χ1n) is 8.16. The molecule has 0 aliphatic rings. The average molecular weight is 361 g/mol. The molecule has 0 unspecified atom stereocenters. The molecule has 7 heteroatoms. The van der Waals surface area contributed by atoms with Crippen LogP contribution in [0.1, 0.15) is 5.56 Å². The molecule has 0 saturated carbocycles. The van der Waals surface area contributed by atoms with Crippen molar-refractivity contribution >= 4 is 28.2 Å². The maximum absolute atomic E-state index is 6.41. The Balaban J connectivity index is 1.85. The van der Waals surface area contributed by atoms with Gasteiger partial charge < -0.3 is 0 Å². The lowest BCUT2D eigenvalue weighted by atomic mass is 10.1. The number of nitrogens with zero attached hydrogens (tertiary/aromatic N) is 6. The highest BCUT2D eigenvalue weighted by Gasteiger charge is 2.21. The van der Waals surface area contributed by atoms with E-state index in [-0.39, 0.29) is 0 Å². The minimum Gasteiger partial charge on any atom is -0.259 e. The molecule has 3 heterocycles. The van der Waals surface area contributed by atoms with Crippen LogP contribution in [0.25, 0.3) is 27.8 Å². The van der Waals surface area contributed by atoms with E-state index in [1.165, 1.54) is 0 Å². The van der Waals surface area contributed by atoms with Crippen LogP contribution in [0.15, 0.2) is 67.0 Å². The van der Waals surface area contributed by atoms with Gasteiger partial charge in [0.05, 0.1) is 17.6 Å². The van der Waals surface area contributed by atoms with Gasteiger partial charge in [-0.25, -0.2) is 0 Å². The van der Waals surface area contributed by atoms with Crippen molar-refractivity contribution in [2.45, 2.75) is 6.54 Å². The third-order valence-corrected chi connectivity index (χ3v) is 4.57. The molecule has 5 rings (SSSR count). The highest BCUT2D eigenvalue weighted by atomic mass is 35.5.